The molecular formula is C17H11ClFIN2O3S3. The number of thiophene rings is 1. The van der Waals surface area contributed by atoms with Crippen LogP contribution in [0.5, 0.6) is 0 Å². The molecule has 146 valence electrons. The first kappa shape index (κ1) is 21.5. The highest BCUT2D eigenvalue weighted by Gasteiger charge is 2.34. The molecule has 2 aromatic rings. The van der Waals surface area contributed by atoms with Gasteiger partial charge >= 0.3 is 0 Å². The topological polar surface area (TPSA) is 66.8 Å². The largest absolute Gasteiger partial charge is 0.294 e. The predicted molar refractivity (Wildman–Crippen MR) is 121 cm³/mol. The smallest absolute Gasteiger partial charge is 0.282 e. The van der Waals surface area contributed by atoms with Gasteiger partial charge in [-0.2, -0.15) is 8.42 Å². The molecule has 0 radical (unpaired) electrons. The molecule has 11 heteroatoms. The van der Waals surface area contributed by atoms with Crippen molar-refractivity contribution >= 4 is 84.5 Å². The summed E-state index contributed by atoms with van der Waals surface area (Å²) in [6, 6.07) is 7.62. The standard InChI is InChI=1S/C17H11ClFIN2O3S3/c1-2-8-22-16(23)12(9-10-4-3-5-11(20)15(10)19)26-17(22)21-28(24,25)14-7-6-13(18)27-14/h2-7,9H,1,8H2. The first-order valence-electron chi connectivity index (χ1n) is 7.59. The number of hydrogen-bond acceptors (Lipinski definition) is 5. The van der Waals surface area contributed by atoms with Crippen LogP contribution < -0.4 is 0 Å². The maximum atomic E-state index is 14.3. The molecule has 0 N–H and O–H groups in total. The number of nitrogens with zero attached hydrogens (tertiary/aromatic N) is 2. The van der Waals surface area contributed by atoms with Gasteiger partial charge in [0.2, 0.25) is 0 Å². The lowest BCUT2D eigenvalue weighted by Gasteiger charge is -2.12. The van der Waals surface area contributed by atoms with Gasteiger partial charge in [-0.25, -0.2) is 4.39 Å². The Kier molecular flexibility index (Phi) is 6.65. The van der Waals surface area contributed by atoms with Gasteiger partial charge in [-0.05, 0) is 58.6 Å². The third-order valence-corrected chi connectivity index (χ3v) is 8.39. The molecule has 1 amide bonds. The van der Waals surface area contributed by atoms with Gasteiger partial charge in [-0.15, -0.1) is 22.3 Å². The molecular weight excluding hydrogens is 558 g/mol. The van der Waals surface area contributed by atoms with Crippen molar-refractivity contribution in [1.82, 2.24) is 4.90 Å². The van der Waals surface area contributed by atoms with Crippen molar-refractivity contribution in [2.24, 2.45) is 4.40 Å². The van der Waals surface area contributed by atoms with Crippen LogP contribution in [-0.2, 0) is 14.8 Å². The number of amides is 1. The molecule has 3 rings (SSSR count). The highest BCUT2D eigenvalue weighted by Crippen LogP contribution is 2.35. The number of thioether (sulfide) groups is 1. The van der Waals surface area contributed by atoms with E-state index in [2.05, 4.69) is 11.0 Å². The zero-order valence-corrected chi connectivity index (χ0v) is 19.3. The van der Waals surface area contributed by atoms with E-state index in [0.29, 0.717) is 7.91 Å². The molecule has 5 nitrogen and oxygen atoms in total. The normalized spacial score (nSPS) is 17.7. The van der Waals surface area contributed by atoms with Gasteiger partial charge in [0, 0.05) is 15.7 Å². The summed E-state index contributed by atoms with van der Waals surface area (Å²) >= 11 is 9.40. The van der Waals surface area contributed by atoms with Gasteiger partial charge in [0.25, 0.3) is 15.9 Å². The number of amidine groups is 1. The maximum absolute atomic E-state index is 14.3. The molecule has 0 saturated carbocycles. The second-order valence-electron chi connectivity index (χ2n) is 5.37. The summed E-state index contributed by atoms with van der Waals surface area (Å²) in [6.45, 7) is 3.65. The SMILES string of the molecule is C=CCN1C(=O)C(=Cc2cccc(I)c2F)SC1=NS(=O)(=O)c1ccc(Cl)s1. The van der Waals surface area contributed by atoms with Crippen LogP contribution in [0.15, 0.2) is 56.5 Å². The molecule has 1 fully saturated rings. The van der Waals surface area contributed by atoms with Gasteiger partial charge in [0.15, 0.2) is 5.17 Å². The third kappa shape index (κ3) is 4.51. The van der Waals surface area contributed by atoms with Crippen LogP contribution >= 0.6 is 57.3 Å². The van der Waals surface area contributed by atoms with Crippen molar-refractivity contribution in [3.63, 3.8) is 0 Å². The Morgan fingerprint density at radius 3 is 2.71 bits per heavy atom. The van der Waals surface area contributed by atoms with Crippen LogP contribution in [0.4, 0.5) is 4.39 Å². The molecule has 1 aliphatic rings. The molecule has 0 bridgehead atoms. The molecule has 1 aromatic carbocycles. The van der Waals surface area contributed by atoms with E-state index in [4.69, 9.17) is 11.6 Å². The molecule has 0 atom stereocenters. The number of carbonyl (C=O) groups excluding carboxylic acids is 1. The molecule has 1 aliphatic heterocycles. The van der Waals surface area contributed by atoms with Crippen LogP contribution in [0.1, 0.15) is 5.56 Å². The Morgan fingerprint density at radius 1 is 1.32 bits per heavy atom. The summed E-state index contributed by atoms with van der Waals surface area (Å²) in [5, 5.41) is -0.0216. The predicted octanol–water partition coefficient (Wildman–Crippen LogP) is 4.99. The van der Waals surface area contributed by atoms with Crippen molar-refractivity contribution in [3.8, 4) is 0 Å². The lowest BCUT2D eigenvalue weighted by molar-refractivity contribution is -0.121. The van der Waals surface area contributed by atoms with Crippen molar-refractivity contribution in [2.75, 3.05) is 6.54 Å². The molecule has 2 heterocycles. The van der Waals surface area contributed by atoms with Crippen LogP contribution in [-0.4, -0.2) is 30.9 Å². The van der Waals surface area contributed by atoms with Gasteiger partial charge in [0.1, 0.15) is 10.0 Å². The summed E-state index contributed by atoms with van der Waals surface area (Å²) in [7, 11) is -4.04. The summed E-state index contributed by atoms with van der Waals surface area (Å²) in [4.78, 5) is 14.1. The number of carbonyl (C=O) groups is 1. The summed E-state index contributed by atoms with van der Waals surface area (Å²) < 4.78 is 43.8. The number of rotatable bonds is 5. The minimum Gasteiger partial charge on any atom is -0.282 e. The quantitative estimate of drug-likeness (QED) is 0.290. The average Bonchev–Trinajstić information content (AvgIpc) is 3.19. The number of hydrogen-bond donors (Lipinski definition) is 0. The summed E-state index contributed by atoms with van der Waals surface area (Å²) in [6.07, 6.45) is 2.84. The van der Waals surface area contributed by atoms with Gasteiger partial charge < -0.3 is 0 Å². The Morgan fingerprint density at radius 2 is 2.07 bits per heavy atom. The highest BCUT2D eigenvalue weighted by atomic mass is 127. The Balaban J connectivity index is 2.02. The minimum absolute atomic E-state index is 0.0216. The fourth-order valence-electron chi connectivity index (χ4n) is 2.22. The number of benzene rings is 1. The maximum Gasteiger partial charge on any atom is 0.294 e. The molecule has 28 heavy (non-hydrogen) atoms. The molecule has 0 unspecified atom stereocenters. The van der Waals surface area contributed by atoms with E-state index in [-0.39, 0.29) is 26.4 Å². The van der Waals surface area contributed by atoms with Gasteiger partial charge in [0.05, 0.1) is 9.24 Å². The Hall–Kier alpha value is -1.21. The van der Waals surface area contributed by atoms with E-state index < -0.39 is 21.7 Å². The van der Waals surface area contributed by atoms with Crippen LogP contribution in [0.3, 0.4) is 0 Å². The average molecular weight is 569 g/mol. The monoisotopic (exact) mass is 568 g/mol. The van der Waals surface area contributed by atoms with Crippen molar-refractivity contribution in [2.45, 2.75) is 4.21 Å². The molecule has 1 aromatic heterocycles. The number of sulfonamides is 1. The Bertz CT molecular complexity index is 1130. The molecule has 0 aliphatic carbocycles. The van der Waals surface area contributed by atoms with Crippen molar-refractivity contribution in [1.29, 1.82) is 0 Å². The summed E-state index contributed by atoms with van der Waals surface area (Å²) in [5.74, 6) is -0.924. The fourth-order valence-corrected chi connectivity index (χ4v) is 6.38. The first-order valence-corrected chi connectivity index (χ1v) is 12.1. The van der Waals surface area contributed by atoms with E-state index in [9.17, 15) is 17.6 Å². The summed E-state index contributed by atoms with van der Waals surface area (Å²) in [5.41, 5.74) is 0.232. The zero-order valence-electron chi connectivity index (χ0n) is 13.9. The second-order valence-corrected chi connectivity index (χ2v) is 11.1. The fraction of sp³-hybridized carbons (Fsp3) is 0.0588. The molecule has 1 saturated heterocycles. The van der Waals surface area contributed by atoms with Crippen LogP contribution in [0.2, 0.25) is 4.34 Å². The van der Waals surface area contributed by atoms with E-state index in [0.717, 1.165) is 23.1 Å². The Labute approximate surface area is 188 Å². The van der Waals surface area contributed by atoms with Crippen molar-refractivity contribution < 1.29 is 17.6 Å². The minimum atomic E-state index is -4.04. The highest BCUT2D eigenvalue weighted by molar-refractivity contribution is 14.1. The van der Waals surface area contributed by atoms with Crippen molar-refractivity contribution in [3.05, 3.63) is 67.2 Å². The van der Waals surface area contributed by atoms with E-state index in [1.54, 1.807) is 12.1 Å². The first-order chi connectivity index (χ1) is 13.2. The lowest BCUT2D eigenvalue weighted by atomic mass is 10.2. The number of halogens is 3. The molecule has 0 spiro atoms. The van der Waals surface area contributed by atoms with Crippen LogP contribution in [0, 0.1) is 9.39 Å². The van der Waals surface area contributed by atoms with Gasteiger partial charge in [-0.1, -0.05) is 29.8 Å². The van der Waals surface area contributed by atoms with Gasteiger partial charge in [-0.3, -0.25) is 9.69 Å². The van der Waals surface area contributed by atoms with E-state index in [1.807, 2.05) is 22.6 Å². The second kappa shape index (κ2) is 8.66. The van der Waals surface area contributed by atoms with Crippen LogP contribution in [0.25, 0.3) is 6.08 Å². The zero-order chi connectivity index (χ0) is 20.5. The van der Waals surface area contributed by atoms with E-state index >= 15 is 0 Å². The lowest BCUT2D eigenvalue weighted by Crippen LogP contribution is -2.29. The third-order valence-electron chi connectivity index (χ3n) is 3.47. The van der Waals surface area contributed by atoms with E-state index in [1.165, 1.54) is 35.3 Å².